The Hall–Kier alpha value is -3.54. The van der Waals surface area contributed by atoms with Gasteiger partial charge in [0.2, 0.25) is 0 Å². The highest BCUT2D eigenvalue weighted by molar-refractivity contribution is 6.13. The molecule has 6 heteroatoms. The number of amides is 2. The summed E-state index contributed by atoms with van der Waals surface area (Å²) in [7, 11) is 0. The van der Waals surface area contributed by atoms with Gasteiger partial charge in [-0.05, 0) is 38.1 Å². The summed E-state index contributed by atoms with van der Waals surface area (Å²) in [6, 6.07) is 7.87. The van der Waals surface area contributed by atoms with Crippen molar-refractivity contribution in [3.05, 3.63) is 81.4 Å². The third kappa shape index (κ3) is 2.95. The maximum atomic E-state index is 12.5. The lowest BCUT2D eigenvalue weighted by atomic mass is 9.85. The topological polar surface area (TPSA) is 88.7 Å². The van der Waals surface area contributed by atoms with Gasteiger partial charge < -0.3 is 9.73 Å². The van der Waals surface area contributed by atoms with Crippen molar-refractivity contribution in [2.45, 2.75) is 13.8 Å². The van der Waals surface area contributed by atoms with Gasteiger partial charge in [-0.2, -0.15) is 0 Å². The lowest BCUT2D eigenvalue weighted by Gasteiger charge is -2.28. The second-order valence-electron chi connectivity index (χ2n) is 6.51. The number of carbonyl (C=O) groups excluding carboxylic acids is 2. The number of benzene rings is 1. The van der Waals surface area contributed by atoms with Gasteiger partial charge in [0.1, 0.15) is 5.58 Å². The molecule has 1 aromatic heterocycles. The number of hydrogen-bond acceptors (Lipinski definition) is 4. The van der Waals surface area contributed by atoms with Crippen molar-refractivity contribution in [2.75, 3.05) is 0 Å². The molecule has 2 aromatic rings. The molecule has 4 rings (SSSR count). The van der Waals surface area contributed by atoms with Crippen molar-refractivity contribution in [1.29, 1.82) is 0 Å². The molecular formula is C21H16N2O4. The Balaban J connectivity index is 1.68. The fraction of sp³-hybridized carbons (Fsp3) is 0.143. The Labute approximate surface area is 154 Å². The van der Waals surface area contributed by atoms with Crippen molar-refractivity contribution in [3.63, 3.8) is 0 Å². The number of carbonyl (C=O) groups is 2. The largest absolute Gasteiger partial charge is 0.451 e. The SMILES string of the molecule is CC1=C(C)C2C=CC(=NC(=O)c3cc(=O)c4ccccc4o3)C=C2NC1=O. The number of rotatable bonds is 1. The van der Waals surface area contributed by atoms with Gasteiger partial charge in [-0.3, -0.25) is 14.4 Å². The summed E-state index contributed by atoms with van der Waals surface area (Å²) >= 11 is 0. The van der Waals surface area contributed by atoms with E-state index in [9.17, 15) is 14.4 Å². The highest BCUT2D eigenvalue weighted by Gasteiger charge is 2.27. The standard InChI is InChI=1S/C21H16N2O4/c1-11-12(2)20(25)23-16-9-13(7-8-14(11)16)22-21(26)19-10-17(24)15-5-3-4-6-18(15)27-19/h3-10,14H,1-2H3,(H,23,25). The van der Waals surface area contributed by atoms with Crippen LogP contribution in [0.5, 0.6) is 0 Å². The molecule has 134 valence electrons. The molecule has 0 saturated heterocycles. The van der Waals surface area contributed by atoms with Crippen LogP contribution in [0.2, 0.25) is 0 Å². The molecule has 1 aliphatic carbocycles. The lowest BCUT2D eigenvalue weighted by Crippen LogP contribution is -2.35. The third-order valence-corrected chi connectivity index (χ3v) is 4.83. The van der Waals surface area contributed by atoms with Crippen LogP contribution >= 0.6 is 0 Å². The Morgan fingerprint density at radius 1 is 1.19 bits per heavy atom. The van der Waals surface area contributed by atoms with Gasteiger partial charge in [0.05, 0.1) is 11.1 Å². The van der Waals surface area contributed by atoms with Crippen LogP contribution in [0.4, 0.5) is 0 Å². The van der Waals surface area contributed by atoms with E-state index >= 15 is 0 Å². The minimum Gasteiger partial charge on any atom is -0.451 e. The molecule has 6 nitrogen and oxygen atoms in total. The molecule has 0 saturated carbocycles. The number of allylic oxidation sites excluding steroid dienone is 3. The highest BCUT2D eigenvalue weighted by atomic mass is 16.3. The summed E-state index contributed by atoms with van der Waals surface area (Å²) in [5, 5.41) is 3.23. The Morgan fingerprint density at radius 3 is 2.78 bits per heavy atom. The Kier molecular flexibility index (Phi) is 3.96. The van der Waals surface area contributed by atoms with Gasteiger partial charge in [-0.1, -0.05) is 23.8 Å². The van der Waals surface area contributed by atoms with E-state index in [1.54, 1.807) is 43.3 Å². The molecule has 0 bridgehead atoms. The summed E-state index contributed by atoms with van der Waals surface area (Å²) in [5.41, 5.74) is 2.76. The smallest absolute Gasteiger partial charge is 0.313 e. The van der Waals surface area contributed by atoms with E-state index in [1.165, 1.54) is 0 Å². The predicted molar refractivity (Wildman–Crippen MR) is 101 cm³/mol. The second-order valence-corrected chi connectivity index (χ2v) is 6.51. The molecule has 1 atom stereocenters. The molecule has 0 fully saturated rings. The van der Waals surface area contributed by atoms with Crippen LogP contribution in [0.15, 0.2) is 79.6 Å². The first-order chi connectivity index (χ1) is 12.9. The maximum Gasteiger partial charge on any atom is 0.313 e. The molecule has 0 spiro atoms. The van der Waals surface area contributed by atoms with E-state index in [0.29, 0.717) is 28.0 Å². The Morgan fingerprint density at radius 2 is 1.96 bits per heavy atom. The highest BCUT2D eigenvalue weighted by Crippen LogP contribution is 2.29. The average Bonchev–Trinajstić information content (AvgIpc) is 2.66. The first-order valence-electron chi connectivity index (χ1n) is 8.48. The van der Waals surface area contributed by atoms with E-state index in [0.717, 1.165) is 11.6 Å². The van der Waals surface area contributed by atoms with E-state index in [1.807, 2.05) is 13.0 Å². The quantitative estimate of drug-likeness (QED) is 0.847. The summed E-state index contributed by atoms with van der Waals surface area (Å²) in [5.74, 6) is -0.968. The van der Waals surface area contributed by atoms with E-state index < -0.39 is 5.91 Å². The van der Waals surface area contributed by atoms with E-state index in [-0.39, 0.29) is 23.0 Å². The Bertz CT molecular complexity index is 1180. The molecule has 2 aliphatic rings. The average molecular weight is 360 g/mol. The number of fused-ring (bicyclic) bond motifs is 2. The van der Waals surface area contributed by atoms with Crippen molar-refractivity contribution in [1.82, 2.24) is 5.32 Å². The second kappa shape index (κ2) is 6.32. The normalized spacial score (nSPS) is 20.5. The number of nitrogens with one attached hydrogen (secondary N) is 1. The minimum atomic E-state index is -0.654. The van der Waals surface area contributed by atoms with Crippen LogP contribution in [-0.2, 0) is 4.79 Å². The molecule has 0 radical (unpaired) electrons. The first-order valence-corrected chi connectivity index (χ1v) is 8.48. The third-order valence-electron chi connectivity index (χ3n) is 4.83. The van der Waals surface area contributed by atoms with Gasteiger partial charge in [0.15, 0.2) is 11.2 Å². The van der Waals surface area contributed by atoms with Crippen LogP contribution in [0.3, 0.4) is 0 Å². The molecular weight excluding hydrogens is 344 g/mol. The summed E-state index contributed by atoms with van der Waals surface area (Å²) < 4.78 is 5.52. The van der Waals surface area contributed by atoms with Gasteiger partial charge in [0, 0.05) is 23.3 Å². The molecule has 27 heavy (non-hydrogen) atoms. The van der Waals surface area contributed by atoms with Crippen LogP contribution in [0.25, 0.3) is 11.0 Å². The number of hydrogen-bond donors (Lipinski definition) is 1. The van der Waals surface area contributed by atoms with Crippen molar-refractivity contribution >= 4 is 28.5 Å². The zero-order chi connectivity index (χ0) is 19.1. The van der Waals surface area contributed by atoms with Crippen LogP contribution < -0.4 is 10.7 Å². The molecule has 1 aliphatic heterocycles. The van der Waals surface area contributed by atoms with Crippen molar-refractivity contribution in [2.24, 2.45) is 10.9 Å². The maximum absolute atomic E-state index is 12.5. The zero-order valence-electron chi connectivity index (χ0n) is 14.8. The fourth-order valence-corrected chi connectivity index (χ4v) is 3.18. The van der Waals surface area contributed by atoms with E-state index in [2.05, 4.69) is 10.3 Å². The van der Waals surface area contributed by atoms with Gasteiger partial charge >= 0.3 is 5.91 Å². The number of para-hydroxylation sites is 1. The molecule has 1 aromatic carbocycles. The monoisotopic (exact) mass is 360 g/mol. The van der Waals surface area contributed by atoms with Gasteiger partial charge in [0.25, 0.3) is 5.91 Å². The molecule has 2 heterocycles. The predicted octanol–water partition coefficient (Wildman–Crippen LogP) is 2.91. The molecule has 2 amide bonds. The van der Waals surface area contributed by atoms with Crippen LogP contribution in [0, 0.1) is 5.92 Å². The summed E-state index contributed by atoms with van der Waals surface area (Å²) in [6.45, 7) is 3.69. The van der Waals surface area contributed by atoms with Crippen LogP contribution in [-0.4, -0.2) is 17.5 Å². The van der Waals surface area contributed by atoms with Crippen molar-refractivity contribution < 1.29 is 14.0 Å². The zero-order valence-corrected chi connectivity index (χ0v) is 14.8. The fourth-order valence-electron chi connectivity index (χ4n) is 3.18. The van der Waals surface area contributed by atoms with Crippen LogP contribution in [0.1, 0.15) is 24.4 Å². The first kappa shape index (κ1) is 16.9. The lowest BCUT2D eigenvalue weighted by molar-refractivity contribution is -0.117. The minimum absolute atomic E-state index is 0.0321. The van der Waals surface area contributed by atoms with Gasteiger partial charge in [-0.25, -0.2) is 4.99 Å². The molecule has 1 N–H and O–H groups in total. The summed E-state index contributed by atoms with van der Waals surface area (Å²) in [4.78, 5) is 40.6. The number of nitrogens with zero attached hydrogens (tertiary/aromatic N) is 1. The van der Waals surface area contributed by atoms with Crippen molar-refractivity contribution in [3.8, 4) is 0 Å². The van der Waals surface area contributed by atoms with Gasteiger partial charge in [-0.15, -0.1) is 0 Å². The summed E-state index contributed by atoms with van der Waals surface area (Å²) in [6.07, 6.45) is 5.27. The van der Waals surface area contributed by atoms with E-state index in [4.69, 9.17) is 4.42 Å². The molecule has 1 unspecified atom stereocenters. The number of aliphatic imine (C=N–C) groups is 1.